The van der Waals surface area contributed by atoms with Gasteiger partial charge in [-0.05, 0) is 31.0 Å². The van der Waals surface area contributed by atoms with Gasteiger partial charge in [0.15, 0.2) is 0 Å². The number of carbonyl (C=O) groups excluding carboxylic acids is 1. The van der Waals surface area contributed by atoms with E-state index in [1.165, 1.54) is 10.6 Å². The summed E-state index contributed by atoms with van der Waals surface area (Å²) in [4.78, 5) is 12.0. The Morgan fingerprint density at radius 1 is 1.25 bits per heavy atom. The highest BCUT2D eigenvalue weighted by Crippen LogP contribution is 2.27. The molecule has 0 unspecified atom stereocenters. The van der Waals surface area contributed by atoms with E-state index in [0.29, 0.717) is 41.7 Å². The Balaban J connectivity index is 1.70. The molecule has 6 nitrogen and oxygen atoms in total. The lowest BCUT2D eigenvalue weighted by molar-refractivity contribution is -0.150. The van der Waals surface area contributed by atoms with Gasteiger partial charge >= 0.3 is 5.97 Å². The minimum atomic E-state index is -3.19. The predicted octanol–water partition coefficient (Wildman–Crippen LogP) is 2.59. The highest BCUT2D eigenvalue weighted by atomic mass is 35.5. The summed E-state index contributed by atoms with van der Waals surface area (Å²) in [6, 6.07) is 4.87. The van der Waals surface area contributed by atoms with Crippen molar-refractivity contribution in [3.63, 3.8) is 0 Å². The maximum Gasteiger partial charge on any atom is 0.309 e. The van der Waals surface area contributed by atoms with Crippen LogP contribution in [-0.2, 0) is 19.6 Å². The van der Waals surface area contributed by atoms with Crippen molar-refractivity contribution >= 4 is 39.2 Å². The highest BCUT2D eigenvalue weighted by molar-refractivity contribution is 7.88. The lowest BCUT2D eigenvalue weighted by Crippen LogP contribution is -2.40. The minimum absolute atomic E-state index is 0.101. The number of hydrogen-bond acceptors (Lipinski definition) is 5. The molecule has 1 aliphatic rings. The number of ether oxygens (including phenoxy) is 2. The van der Waals surface area contributed by atoms with Crippen molar-refractivity contribution in [1.29, 1.82) is 0 Å². The molecule has 0 radical (unpaired) electrons. The van der Waals surface area contributed by atoms with Crippen LogP contribution < -0.4 is 4.74 Å². The third-order valence-electron chi connectivity index (χ3n) is 3.74. The fraction of sp³-hybridized carbons (Fsp3) is 0.533. The van der Waals surface area contributed by atoms with Gasteiger partial charge in [0.05, 0.1) is 17.2 Å². The van der Waals surface area contributed by atoms with Crippen molar-refractivity contribution in [2.75, 3.05) is 32.6 Å². The molecule has 134 valence electrons. The highest BCUT2D eigenvalue weighted by Gasteiger charge is 2.29. The molecule has 24 heavy (non-hydrogen) atoms. The van der Waals surface area contributed by atoms with Crippen molar-refractivity contribution in [2.45, 2.75) is 12.8 Å². The van der Waals surface area contributed by atoms with Crippen LogP contribution in [0.3, 0.4) is 0 Å². The Hall–Kier alpha value is -1.02. The van der Waals surface area contributed by atoms with Gasteiger partial charge < -0.3 is 9.47 Å². The van der Waals surface area contributed by atoms with E-state index in [0.717, 1.165) is 0 Å². The first-order valence-corrected chi connectivity index (χ1v) is 10.1. The summed E-state index contributed by atoms with van der Waals surface area (Å²) in [7, 11) is -3.19. The number of sulfonamides is 1. The quantitative estimate of drug-likeness (QED) is 0.546. The summed E-state index contributed by atoms with van der Waals surface area (Å²) in [6.07, 6.45) is 2.11. The topological polar surface area (TPSA) is 72.9 Å². The van der Waals surface area contributed by atoms with Crippen LogP contribution >= 0.6 is 23.2 Å². The normalized spacial score (nSPS) is 16.8. The second-order valence-corrected chi connectivity index (χ2v) is 8.35. The molecule has 1 saturated heterocycles. The summed E-state index contributed by atoms with van der Waals surface area (Å²) in [5.41, 5.74) is 0. The molecule has 0 amide bonds. The van der Waals surface area contributed by atoms with Gasteiger partial charge in [0.2, 0.25) is 10.0 Å². The zero-order valence-electron chi connectivity index (χ0n) is 13.2. The zero-order chi connectivity index (χ0) is 17.7. The summed E-state index contributed by atoms with van der Waals surface area (Å²) >= 11 is 11.8. The van der Waals surface area contributed by atoms with Crippen LogP contribution in [0, 0.1) is 5.92 Å². The number of halogens is 2. The molecule has 0 saturated carbocycles. The molecule has 1 aromatic rings. The van der Waals surface area contributed by atoms with E-state index in [2.05, 4.69) is 0 Å². The number of nitrogens with zero attached hydrogens (tertiary/aromatic N) is 1. The number of rotatable bonds is 6. The molecule has 1 heterocycles. The number of carbonyl (C=O) groups is 1. The van der Waals surface area contributed by atoms with E-state index >= 15 is 0 Å². The third-order valence-corrected chi connectivity index (χ3v) is 5.57. The largest absolute Gasteiger partial charge is 0.488 e. The second-order valence-electron chi connectivity index (χ2n) is 5.53. The number of benzene rings is 1. The zero-order valence-corrected chi connectivity index (χ0v) is 15.5. The van der Waals surface area contributed by atoms with E-state index in [1.807, 2.05) is 0 Å². The molecule has 0 spiro atoms. The molecule has 0 N–H and O–H groups in total. The van der Waals surface area contributed by atoms with Gasteiger partial charge in [-0.1, -0.05) is 23.2 Å². The molecule has 9 heteroatoms. The van der Waals surface area contributed by atoms with Crippen LogP contribution in [0.2, 0.25) is 10.0 Å². The van der Waals surface area contributed by atoms with Gasteiger partial charge in [0.1, 0.15) is 19.0 Å². The van der Waals surface area contributed by atoms with E-state index < -0.39 is 10.0 Å². The van der Waals surface area contributed by atoms with Gasteiger partial charge in [0, 0.05) is 18.1 Å². The number of hydrogen-bond donors (Lipinski definition) is 0. The molecule has 1 fully saturated rings. The Morgan fingerprint density at radius 3 is 2.50 bits per heavy atom. The number of esters is 1. The molecule has 0 bridgehead atoms. The van der Waals surface area contributed by atoms with Gasteiger partial charge in [-0.3, -0.25) is 4.79 Å². The maximum absolute atomic E-state index is 12.0. The fourth-order valence-corrected chi connectivity index (χ4v) is 3.76. The maximum atomic E-state index is 12.0. The smallest absolute Gasteiger partial charge is 0.309 e. The Morgan fingerprint density at radius 2 is 1.92 bits per heavy atom. The summed E-state index contributed by atoms with van der Waals surface area (Å²) in [6.45, 7) is 0.963. The molecule has 0 aromatic heterocycles. The molecule has 1 aliphatic heterocycles. The summed E-state index contributed by atoms with van der Waals surface area (Å²) in [5.74, 6) is -0.130. The van der Waals surface area contributed by atoms with Crippen molar-refractivity contribution < 1.29 is 22.7 Å². The van der Waals surface area contributed by atoms with Crippen molar-refractivity contribution in [3.8, 4) is 5.75 Å². The Bertz CT molecular complexity index is 687. The van der Waals surface area contributed by atoms with Crippen molar-refractivity contribution in [1.82, 2.24) is 4.31 Å². The third kappa shape index (κ3) is 5.51. The standard InChI is InChI=1S/C15H19Cl2NO5S/c1-24(20,21)18-6-4-11(5-7-18)15(19)23-9-8-22-14-3-2-12(16)10-13(14)17/h2-3,10-11H,4-9H2,1H3. The predicted molar refractivity (Wildman–Crippen MR) is 92.1 cm³/mol. The lowest BCUT2D eigenvalue weighted by Gasteiger charge is -2.28. The van der Waals surface area contributed by atoms with E-state index in [4.69, 9.17) is 32.7 Å². The number of piperidine rings is 1. The van der Waals surface area contributed by atoms with E-state index in [1.54, 1.807) is 18.2 Å². The Labute approximate surface area is 151 Å². The molecular weight excluding hydrogens is 377 g/mol. The van der Waals surface area contributed by atoms with Crippen molar-refractivity contribution in [3.05, 3.63) is 28.2 Å². The molecule has 0 atom stereocenters. The molecule has 1 aromatic carbocycles. The average molecular weight is 396 g/mol. The van der Waals surface area contributed by atoms with Crippen LogP contribution in [0.15, 0.2) is 18.2 Å². The first kappa shape index (κ1) is 19.3. The van der Waals surface area contributed by atoms with Crippen LogP contribution in [0.1, 0.15) is 12.8 Å². The molecule has 0 aliphatic carbocycles. The summed E-state index contributed by atoms with van der Waals surface area (Å²) < 4.78 is 34.9. The first-order valence-electron chi connectivity index (χ1n) is 7.47. The van der Waals surface area contributed by atoms with Crippen LogP contribution in [0.5, 0.6) is 5.75 Å². The SMILES string of the molecule is CS(=O)(=O)N1CCC(C(=O)OCCOc2ccc(Cl)cc2Cl)CC1. The van der Waals surface area contributed by atoms with E-state index in [-0.39, 0.29) is 25.1 Å². The fourth-order valence-electron chi connectivity index (χ4n) is 2.43. The average Bonchev–Trinajstić information content (AvgIpc) is 2.52. The monoisotopic (exact) mass is 395 g/mol. The molecule has 2 rings (SSSR count). The van der Waals surface area contributed by atoms with Gasteiger partial charge in [-0.25, -0.2) is 12.7 Å². The van der Waals surface area contributed by atoms with Crippen LogP contribution in [0.25, 0.3) is 0 Å². The minimum Gasteiger partial charge on any atom is -0.488 e. The van der Waals surface area contributed by atoms with E-state index in [9.17, 15) is 13.2 Å². The van der Waals surface area contributed by atoms with Crippen LogP contribution in [0.4, 0.5) is 0 Å². The first-order chi connectivity index (χ1) is 11.3. The molecular formula is C15H19Cl2NO5S. The van der Waals surface area contributed by atoms with Gasteiger partial charge in [-0.2, -0.15) is 0 Å². The second kappa shape index (κ2) is 8.38. The van der Waals surface area contributed by atoms with Crippen LogP contribution in [-0.4, -0.2) is 51.3 Å². The summed E-state index contributed by atoms with van der Waals surface area (Å²) in [5, 5.41) is 0.904. The van der Waals surface area contributed by atoms with Gasteiger partial charge in [-0.15, -0.1) is 0 Å². The lowest BCUT2D eigenvalue weighted by atomic mass is 9.98. The van der Waals surface area contributed by atoms with Gasteiger partial charge in [0.25, 0.3) is 0 Å². The van der Waals surface area contributed by atoms with Crippen molar-refractivity contribution in [2.24, 2.45) is 5.92 Å². The Kier molecular flexibility index (Phi) is 6.74.